The molecule has 1 aliphatic rings. The van der Waals surface area contributed by atoms with Gasteiger partial charge in [-0.1, -0.05) is 18.5 Å². The number of furan rings is 1. The Kier molecular flexibility index (Phi) is 4.90. The Hall–Kier alpha value is -1.56. The number of carbonyl (C=O) groups excluding carboxylic acids is 1. The predicted molar refractivity (Wildman–Crippen MR) is 91.2 cm³/mol. The Bertz CT molecular complexity index is 720. The summed E-state index contributed by atoms with van der Waals surface area (Å²) in [6, 6.07) is 3.71. The number of hydrogen-bond donors (Lipinski definition) is 2. The minimum absolute atomic E-state index is 0.0553. The van der Waals surface area contributed by atoms with Gasteiger partial charge in [0.15, 0.2) is 5.58 Å². The number of aryl methyl sites for hydroxylation is 2. The van der Waals surface area contributed by atoms with Gasteiger partial charge in [0.2, 0.25) is 5.91 Å². The van der Waals surface area contributed by atoms with Crippen LogP contribution in [0.5, 0.6) is 0 Å². The zero-order valence-electron chi connectivity index (χ0n) is 13.4. The van der Waals surface area contributed by atoms with Crippen molar-refractivity contribution < 1.29 is 13.9 Å². The van der Waals surface area contributed by atoms with E-state index in [2.05, 4.69) is 10.6 Å². The lowest BCUT2D eigenvalue weighted by Crippen LogP contribution is -2.43. The second-order valence-corrected chi connectivity index (χ2v) is 6.22. The SMILES string of the molecule is CCc1oc2c(Cl)cc(NC(=O)C[C@@H]3COCCN3)cc2c1C. The fourth-order valence-corrected chi connectivity index (χ4v) is 3.18. The van der Waals surface area contributed by atoms with E-state index < -0.39 is 0 Å². The summed E-state index contributed by atoms with van der Waals surface area (Å²) in [5.74, 6) is 0.870. The number of carbonyl (C=O) groups is 1. The van der Waals surface area contributed by atoms with Crippen LogP contribution in [0.15, 0.2) is 16.5 Å². The maximum Gasteiger partial charge on any atom is 0.226 e. The predicted octanol–water partition coefficient (Wildman–Crippen LogP) is 3.27. The molecule has 2 N–H and O–H groups in total. The minimum Gasteiger partial charge on any atom is -0.459 e. The number of halogens is 1. The second kappa shape index (κ2) is 6.91. The molecule has 0 radical (unpaired) electrons. The number of rotatable bonds is 4. The van der Waals surface area contributed by atoms with E-state index in [1.54, 1.807) is 6.07 Å². The molecule has 1 aromatic carbocycles. The Morgan fingerprint density at radius 1 is 1.48 bits per heavy atom. The summed E-state index contributed by atoms with van der Waals surface area (Å²) in [7, 11) is 0. The molecule has 23 heavy (non-hydrogen) atoms. The normalized spacial score (nSPS) is 18.3. The van der Waals surface area contributed by atoms with Gasteiger partial charge in [0.05, 0.1) is 18.2 Å². The van der Waals surface area contributed by atoms with Gasteiger partial charge in [0.1, 0.15) is 5.76 Å². The second-order valence-electron chi connectivity index (χ2n) is 5.82. The van der Waals surface area contributed by atoms with Gasteiger partial charge in [-0.05, 0) is 24.6 Å². The molecule has 1 aliphatic heterocycles. The van der Waals surface area contributed by atoms with Crippen LogP contribution in [0.2, 0.25) is 5.02 Å². The van der Waals surface area contributed by atoms with E-state index in [0.29, 0.717) is 35.9 Å². The van der Waals surface area contributed by atoms with Crippen LogP contribution in [0.4, 0.5) is 5.69 Å². The van der Waals surface area contributed by atoms with E-state index in [-0.39, 0.29) is 11.9 Å². The fourth-order valence-electron chi connectivity index (χ4n) is 2.92. The summed E-state index contributed by atoms with van der Waals surface area (Å²) >= 11 is 6.30. The lowest BCUT2D eigenvalue weighted by Gasteiger charge is -2.23. The Morgan fingerprint density at radius 3 is 3.00 bits per heavy atom. The van der Waals surface area contributed by atoms with Crippen LogP contribution in [0.3, 0.4) is 0 Å². The number of amides is 1. The van der Waals surface area contributed by atoms with E-state index in [1.165, 1.54) is 0 Å². The summed E-state index contributed by atoms with van der Waals surface area (Å²) in [6.45, 7) is 6.10. The van der Waals surface area contributed by atoms with Crippen molar-refractivity contribution >= 4 is 34.2 Å². The molecular weight excluding hydrogens is 316 g/mol. The molecule has 1 atom stereocenters. The lowest BCUT2D eigenvalue weighted by atomic mass is 10.1. The van der Waals surface area contributed by atoms with Gasteiger partial charge >= 0.3 is 0 Å². The molecule has 6 heteroatoms. The number of nitrogens with one attached hydrogen (secondary N) is 2. The first-order chi connectivity index (χ1) is 11.1. The molecular formula is C17H21ClN2O3. The zero-order valence-corrected chi connectivity index (χ0v) is 14.1. The van der Waals surface area contributed by atoms with Crippen LogP contribution in [0, 0.1) is 6.92 Å². The quantitative estimate of drug-likeness (QED) is 0.899. The standard InChI is InChI=1S/C17H21ClN2O3/c1-3-15-10(2)13-6-11(7-14(18)17(13)23-15)20-16(21)8-12-9-22-5-4-19-12/h6-7,12,19H,3-5,8-9H2,1-2H3,(H,20,21)/t12-/m1/s1. The van der Waals surface area contributed by atoms with E-state index in [9.17, 15) is 4.79 Å². The third-order valence-corrected chi connectivity index (χ3v) is 4.41. The highest BCUT2D eigenvalue weighted by Crippen LogP contribution is 2.34. The molecule has 0 aliphatic carbocycles. The van der Waals surface area contributed by atoms with Gasteiger partial charge in [-0.2, -0.15) is 0 Å². The number of benzene rings is 1. The van der Waals surface area contributed by atoms with Crippen molar-refractivity contribution in [3.63, 3.8) is 0 Å². The maximum atomic E-state index is 12.2. The molecule has 1 fully saturated rings. The highest BCUT2D eigenvalue weighted by Gasteiger charge is 2.18. The number of fused-ring (bicyclic) bond motifs is 1. The van der Waals surface area contributed by atoms with Gasteiger partial charge < -0.3 is 19.8 Å². The molecule has 124 valence electrons. The summed E-state index contributed by atoms with van der Waals surface area (Å²) < 4.78 is 11.2. The molecule has 2 heterocycles. The molecule has 3 rings (SSSR count). The number of anilines is 1. The summed E-state index contributed by atoms with van der Waals surface area (Å²) in [5.41, 5.74) is 2.44. The average molecular weight is 337 g/mol. The highest BCUT2D eigenvalue weighted by atomic mass is 35.5. The number of ether oxygens (including phenoxy) is 1. The lowest BCUT2D eigenvalue weighted by molar-refractivity contribution is -0.117. The summed E-state index contributed by atoms with van der Waals surface area (Å²) in [6.07, 6.45) is 1.19. The van der Waals surface area contributed by atoms with Crippen LogP contribution < -0.4 is 10.6 Å². The Labute approximate surface area is 140 Å². The number of hydrogen-bond acceptors (Lipinski definition) is 4. The van der Waals surface area contributed by atoms with Crippen LogP contribution in [0.25, 0.3) is 11.0 Å². The van der Waals surface area contributed by atoms with Gasteiger partial charge in [-0.25, -0.2) is 0 Å². The maximum absolute atomic E-state index is 12.2. The third-order valence-electron chi connectivity index (χ3n) is 4.13. The van der Waals surface area contributed by atoms with Gasteiger partial charge in [0.25, 0.3) is 0 Å². The van der Waals surface area contributed by atoms with Crippen LogP contribution in [-0.2, 0) is 16.0 Å². The minimum atomic E-state index is -0.0553. The van der Waals surface area contributed by atoms with Crippen molar-refractivity contribution in [1.82, 2.24) is 5.32 Å². The van der Waals surface area contributed by atoms with Crippen LogP contribution in [-0.4, -0.2) is 31.7 Å². The third kappa shape index (κ3) is 3.52. The Morgan fingerprint density at radius 2 is 2.30 bits per heavy atom. The average Bonchev–Trinajstić information content (AvgIpc) is 2.85. The molecule has 0 spiro atoms. The van der Waals surface area contributed by atoms with E-state index in [0.717, 1.165) is 29.7 Å². The van der Waals surface area contributed by atoms with E-state index in [1.807, 2.05) is 19.9 Å². The fraction of sp³-hybridized carbons (Fsp3) is 0.471. The van der Waals surface area contributed by atoms with Crippen molar-refractivity contribution in [3.05, 3.63) is 28.5 Å². The smallest absolute Gasteiger partial charge is 0.226 e. The first-order valence-corrected chi connectivity index (χ1v) is 8.28. The topological polar surface area (TPSA) is 63.5 Å². The van der Waals surface area contributed by atoms with E-state index >= 15 is 0 Å². The van der Waals surface area contributed by atoms with Crippen LogP contribution in [0.1, 0.15) is 24.7 Å². The molecule has 5 nitrogen and oxygen atoms in total. The van der Waals surface area contributed by atoms with Gasteiger partial charge in [0, 0.05) is 36.5 Å². The monoisotopic (exact) mass is 336 g/mol. The first-order valence-electron chi connectivity index (χ1n) is 7.91. The van der Waals surface area contributed by atoms with Crippen molar-refractivity contribution in [2.45, 2.75) is 32.7 Å². The highest BCUT2D eigenvalue weighted by molar-refractivity contribution is 6.35. The molecule has 1 aromatic heterocycles. The van der Waals surface area contributed by atoms with Crippen molar-refractivity contribution in [1.29, 1.82) is 0 Å². The van der Waals surface area contributed by atoms with Gasteiger partial charge in [-0.3, -0.25) is 4.79 Å². The Balaban J connectivity index is 1.77. The van der Waals surface area contributed by atoms with Crippen LogP contribution >= 0.6 is 11.6 Å². The summed E-state index contributed by atoms with van der Waals surface area (Å²) in [5, 5.41) is 7.65. The molecule has 0 unspecified atom stereocenters. The summed E-state index contributed by atoms with van der Waals surface area (Å²) in [4.78, 5) is 12.2. The largest absolute Gasteiger partial charge is 0.459 e. The zero-order chi connectivity index (χ0) is 16.4. The molecule has 0 bridgehead atoms. The molecule has 1 saturated heterocycles. The number of morpholine rings is 1. The molecule has 1 amide bonds. The van der Waals surface area contributed by atoms with Crippen molar-refractivity contribution in [2.24, 2.45) is 0 Å². The van der Waals surface area contributed by atoms with Gasteiger partial charge in [-0.15, -0.1) is 0 Å². The van der Waals surface area contributed by atoms with Crippen molar-refractivity contribution in [2.75, 3.05) is 25.1 Å². The molecule has 0 saturated carbocycles. The first kappa shape index (κ1) is 16.3. The van der Waals surface area contributed by atoms with E-state index in [4.69, 9.17) is 20.8 Å². The molecule has 2 aromatic rings. The van der Waals surface area contributed by atoms with Crippen molar-refractivity contribution in [3.8, 4) is 0 Å².